The van der Waals surface area contributed by atoms with Crippen molar-refractivity contribution in [1.82, 2.24) is 5.32 Å². The van der Waals surface area contributed by atoms with Crippen molar-refractivity contribution in [3.63, 3.8) is 0 Å². The number of amides is 1. The maximum Gasteiger partial charge on any atom is 0.308 e. The van der Waals surface area contributed by atoms with Crippen LogP contribution in [0.25, 0.3) is 0 Å². The standard InChI is InChI=1S/C23H31NO4/c1-3-28-21(25)11-20(18-4-6-19(27-2)7-5-18)24-22(26)23-12-15-8-16(13-23)10-17(9-15)14-23/h4-7,15-17,20H,3,8-14H2,1-2H3,(H,24,26)/t15?,16?,17?,20-,23?/m0/s1. The molecule has 4 saturated carbocycles. The molecule has 1 amide bonds. The van der Waals surface area contributed by atoms with Crippen LogP contribution in [0.1, 0.15) is 63.5 Å². The van der Waals surface area contributed by atoms with Crippen LogP contribution in [-0.2, 0) is 14.3 Å². The molecule has 4 fully saturated rings. The van der Waals surface area contributed by atoms with Crippen LogP contribution in [0.5, 0.6) is 5.75 Å². The van der Waals surface area contributed by atoms with Gasteiger partial charge in [0.2, 0.25) is 5.91 Å². The minimum absolute atomic E-state index is 0.136. The van der Waals surface area contributed by atoms with Crippen LogP contribution in [-0.4, -0.2) is 25.6 Å². The van der Waals surface area contributed by atoms with Gasteiger partial charge in [-0.05, 0) is 80.9 Å². The number of carbonyl (C=O) groups is 2. The van der Waals surface area contributed by atoms with E-state index in [-0.39, 0.29) is 29.8 Å². The Labute approximate surface area is 167 Å². The Hall–Kier alpha value is -2.04. The van der Waals surface area contributed by atoms with Crippen molar-refractivity contribution in [2.45, 2.75) is 57.9 Å². The largest absolute Gasteiger partial charge is 0.497 e. The summed E-state index contributed by atoms with van der Waals surface area (Å²) in [6.45, 7) is 2.14. The van der Waals surface area contributed by atoms with Crippen LogP contribution < -0.4 is 10.1 Å². The molecule has 5 nitrogen and oxygen atoms in total. The molecule has 28 heavy (non-hydrogen) atoms. The van der Waals surface area contributed by atoms with Crippen molar-refractivity contribution in [3.05, 3.63) is 29.8 Å². The van der Waals surface area contributed by atoms with Crippen LogP contribution in [0.15, 0.2) is 24.3 Å². The van der Waals surface area contributed by atoms with Gasteiger partial charge < -0.3 is 14.8 Å². The molecule has 4 aliphatic rings. The van der Waals surface area contributed by atoms with Gasteiger partial charge in [-0.2, -0.15) is 0 Å². The molecule has 1 atom stereocenters. The highest BCUT2D eigenvalue weighted by Gasteiger charge is 2.54. The molecular formula is C23H31NO4. The third-order valence-electron chi connectivity index (χ3n) is 7.02. The summed E-state index contributed by atoms with van der Waals surface area (Å²) in [4.78, 5) is 25.6. The third-order valence-corrected chi connectivity index (χ3v) is 7.02. The molecule has 0 aromatic heterocycles. The molecule has 4 bridgehead atoms. The molecule has 1 N–H and O–H groups in total. The second-order valence-corrected chi connectivity index (χ2v) is 9.01. The van der Waals surface area contributed by atoms with Crippen molar-refractivity contribution >= 4 is 11.9 Å². The summed E-state index contributed by atoms with van der Waals surface area (Å²) in [5, 5.41) is 3.24. The number of ether oxygens (including phenoxy) is 2. The molecule has 1 aromatic rings. The van der Waals surface area contributed by atoms with Gasteiger partial charge in [0.25, 0.3) is 0 Å². The Balaban J connectivity index is 1.52. The molecule has 0 spiro atoms. The minimum Gasteiger partial charge on any atom is -0.497 e. The topological polar surface area (TPSA) is 64.6 Å². The van der Waals surface area contributed by atoms with Gasteiger partial charge in [0.05, 0.1) is 26.2 Å². The van der Waals surface area contributed by atoms with Gasteiger partial charge in [0.15, 0.2) is 0 Å². The van der Waals surface area contributed by atoms with Gasteiger partial charge in [-0.15, -0.1) is 0 Å². The second-order valence-electron chi connectivity index (χ2n) is 9.01. The van der Waals surface area contributed by atoms with Crippen LogP contribution in [0, 0.1) is 23.2 Å². The molecule has 152 valence electrons. The number of esters is 1. The molecule has 0 unspecified atom stereocenters. The van der Waals surface area contributed by atoms with Crippen LogP contribution in [0.4, 0.5) is 0 Å². The average Bonchev–Trinajstić information content (AvgIpc) is 2.66. The predicted octanol–water partition coefficient (Wildman–Crippen LogP) is 4.02. The van der Waals surface area contributed by atoms with E-state index in [1.54, 1.807) is 14.0 Å². The lowest BCUT2D eigenvalue weighted by molar-refractivity contribution is -0.148. The summed E-state index contributed by atoms with van der Waals surface area (Å²) in [6.07, 6.45) is 7.10. The lowest BCUT2D eigenvalue weighted by atomic mass is 9.49. The van der Waals surface area contributed by atoms with Crippen molar-refractivity contribution in [3.8, 4) is 5.75 Å². The fraction of sp³-hybridized carbons (Fsp3) is 0.652. The predicted molar refractivity (Wildman–Crippen MR) is 106 cm³/mol. The molecule has 0 radical (unpaired) electrons. The number of hydrogen-bond donors (Lipinski definition) is 1. The maximum atomic E-state index is 13.5. The fourth-order valence-electron chi connectivity index (χ4n) is 6.18. The van der Waals surface area contributed by atoms with Crippen LogP contribution >= 0.6 is 0 Å². The maximum absolute atomic E-state index is 13.5. The number of methoxy groups -OCH3 is 1. The molecule has 5 heteroatoms. The fourth-order valence-corrected chi connectivity index (χ4v) is 6.18. The molecule has 1 aromatic carbocycles. The molecule has 0 heterocycles. The van der Waals surface area contributed by atoms with Crippen LogP contribution in [0.3, 0.4) is 0 Å². The first-order valence-electron chi connectivity index (χ1n) is 10.6. The van der Waals surface area contributed by atoms with Gasteiger partial charge >= 0.3 is 5.97 Å². The van der Waals surface area contributed by atoms with Crippen LogP contribution in [0.2, 0.25) is 0 Å². The van der Waals surface area contributed by atoms with E-state index in [2.05, 4.69) is 5.32 Å². The van der Waals surface area contributed by atoms with Gasteiger partial charge in [-0.3, -0.25) is 9.59 Å². The first-order chi connectivity index (χ1) is 13.5. The van der Waals surface area contributed by atoms with E-state index in [0.29, 0.717) is 24.4 Å². The van der Waals surface area contributed by atoms with Gasteiger partial charge in [0, 0.05) is 5.41 Å². The Bertz CT molecular complexity index is 691. The molecule has 4 aliphatic carbocycles. The Morgan fingerprint density at radius 2 is 1.64 bits per heavy atom. The summed E-state index contributed by atoms with van der Waals surface area (Å²) in [5.74, 6) is 2.74. The first-order valence-corrected chi connectivity index (χ1v) is 10.6. The Morgan fingerprint density at radius 3 is 2.14 bits per heavy atom. The quantitative estimate of drug-likeness (QED) is 0.720. The zero-order chi connectivity index (χ0) is 19.7. The third kappa shape index (κ3) is 3.76. The van der Waals surface area contributed by atoms with Crippen molar-refractivity contribution in [2.24, 2.45) is 23.2 Å². The van der Waals surface area contributed by atoms with Crippen molar-refractivity contribution in [1.29, 1.82) is 0 Å². The normalized spacial score (nSPS) is 31.3. The number of hydrogen-bond acceptors (Lipinski definition) is 4. The summed E-state index contributed by atoms with van der Waals surface area (Å²) >= 11 is 0. The van der Waals surface area contributed by atoms with E-state index in [1.807, 2.05) is 24.3 Å². The number of carbonyl (C=O) groups excluding carboxylic acids is 2. The number of rotatable bonds is 7. The molecule has 0 saturated heterocycles. The lowest BCUT2D eigenvalue weighted by Crippen LogP contribution is -2.54. The number of nitrogens with one attached hydrogen (secondary N) is 1. The van der Waals surface area contributed by atoms with E-state index in [4.69, 9.17) is 9.47 Å². The highest BCUT2D eigenvalue weighted by molar-refractivity contribution is 5.84. The zero-order valence-electron chi connectivity index (χ0n) is 16.9. The van der Waals surface area contributed by atoms with E-state index in [0.717, 1.165) is 30.6 Å². The molecule has 5 rings (SSSR count). The minimum atomic E-state index is -0.370. The Morgan fingerprint density at radius 1 is 1.07 bits per heavy atom. The van der Waals surface area contributed by atoms with E-state index >= 15 is 0 Å². The highest BCUT2D eigenvalue weighted by Crippen LogP contribution is 2.60. The van der Waals surface area contributed by atoms with E-state index < -0.39 is 0 Å². The summed E-state index contributed by atoms with van der Waals surface area (Å²) in [7, 11) is 1.62. The average molecular weight is 386 g/mol. The summed E-state index contributed by atoms with van der Waals surface area (Å²) in [5.41, 5.74) is 0.681. The van der Waals surface area contributed by atoms with E-state index in [9.17, 15) is 9.59 Å². The summed E-state index contributed by atoms with van der Waals surface area (Å²) < 4.78 is 10.4. The van der Waals surface area contributed by atoms with Gasteiger partial charge in [-0.1, -0.05) is 12.1 Å². The number of benzene rings is 1. The van der Waals surface area contributed by atoms with Crippen molar-refractivity contribution in [2.75, 3.05) is 13.7 Å². The Kier molecular flexibility index (Phi) is 5.35. The van der Waals surface area contributed by atoms with E-state index in [1.165, 1.54) is 19.3 Å². The molecule has 0 aliphatic heterocycles. The second kappa shape index (κ2) is 7.76. The van der Waals surface area contributed by atoms with Crippen molar-refractivity contribution < 1.29 is 19.1 Å². The zero-order valence-corrected chi connectivity index (χ0v) is 16.9. The van der Waals surface area contributed by atoms with Gasteiger partial charge in [0.1, 0.15) is 5.75 Å². The molecular weight excluding hydrogens is 354 g/mol. The lowest BCUT2D eigenvalue weighted by Gasteiger charge is -2.55. The monoisotopic (exact) mass is 385 g/mol. The summed E-state index contributed by atoms with van der Waals surface area (Å²) in [6, 6.07) is 7.20. The SMILES string of the molecule is CCOC(=O)C[C@H](NC(=O)C12CC3CC(CC(C3)C1)C2)c1ccc(OC)cc1. The highest BCUT2D eigenvalue weighted by atomic mass is 16.5. The first kappa shape index (κ1) is 19.3. The van der Waals surface area contributed by atoms with Gasteiger partial charge in [-0.25, -0.2) is 0 Å². The smallest absolute Gasteiger partial charge is 0.308 e.